The molecule has 0 unspecified atom stereocenters. The predicted molar refractivity (Wildman–Crippen MR) is 59.1 cm³/mol. The smallest absolute Gasteiger partial charge is 0.134 e. The first-order chi connectivity index (χ1) is 6.66. The number of allylic oxidation sites excluding steroid dienone is 1. The van der Waals surface area contributed by atoms with Crippen molar-refractivity contribution in [2.24, 2.45) is 5.73 Å². The van der Waals surface area contributed by atoms with E-state index in [0.29, 0.717) is 18.6 Å². The molecule has 0 aliphatic heterocycles. The monoisotopic (exact) mass is 195 g/mol. The zero-order valence-electron chi connectivity index (χ0n) is 8.93. The number of ketones is 1. The third-order valence-electron chi connectivity index (χ3n) is 3.01. The van der Waals surface area contributed by atoms with Crippen LogP contribution in [-0.2, 0) is 4.79 Å². The minimum atomic E-state index is -0.161. The Balaban J connectivity index is 2.22. The fourth-order valence-corrected chi connectivity index (χ4v) is 2.18. The summed E-state index contributed by atoms with van der Waals surface area (Å²) in [6, 6.07) is 0. The minimum absolute atomic E-state index is 0.161. The largest absolute Gasteiger partial charge is 0.325 e. The average molecular weight is 195 g/mol. The highest BCUT2D eigenvalue weighted by Gasteiger charge is 2.31. The zero-order chi connectivity index (χ0) is 10.4. The number of Topliss-reactive ketones (excluding diaryl/α,β-unsaturated/α-hetero) is 1. The van der Waals surface area contributed by atoms with E-state index in [2.05, 4.69) is 6.58 Å². The highest BCUT2D eigenvalue weighted by atomic mass is 16.1. The Hall–Kier alpha value is -0.630. The van der Waals surface area contributed by atoms with E-state index in [1.807, 2.05) is 6.08 Å². The Morgan fingerprint density at radius 2 is 2.07 bits per heavy atom. The van der Waals surface area contributed by atoms with Crippen molar-refractivity contribution < 1.29 is 4.79 Å². The average Bonchev–Trinajstić information content (AvgIpc) is 2.52. The van der Waals surface area contributed by atoms with Crippen LogP contribution < -0.4 is 5.73 Å². The summed E-state index contributed by atoms with van der Waals surface area (Å²) in [6.45, 7) is 3.64. The van der Waals surface area contributed by atoms with Crippen LogP contribution in [0.3, 0.4) is 0 Å². The molecule has 0 radical (unpaired) electrons. The molecule has 1 fully saturated rings. The second-order valence-electron chi connectivity index (χ2n) is 4.47. The van der Waals surface area contributed by atoms with E-state index < -0.39 is 0 Å². The summed E-state index contributed by atoms with van der Waals surface area (Å²) < 4.78 is 0. The van der Waals surface area contributed by atoms with Crippen LogP contribution in [0.15, 0.2) is 12.7 Å². The van der Waals surface area contributed by atoms with Crippen LogP contribution >= 0.6 is 0 Å². The Morgan fingerprint density at radius 3 is 2.64 bits per heavy atom. The predicted octanol–water partition coefficient (Wildman–Crippen LogP) is 2.57. The number of carbonyl (C=O) groups excluding carboxylic acids is 1. The molecule has 14 heavy (non-hydrogen) atoms. The number of hydrogen-bond donors (Lipinski definition) is 1. The van der Waals surface area contributed by atoms with Crippen molar-refractivity contribution in [1.29, 1.82) is 0 Å². The number of nitrogens with two attached hydrogens (primary N) is 1. The van der Waals surface area contributed by atoms with Gasteiger partial charge in [-0.25, -0.2) is 0 Å². The van der Waals surface area contributed by atoms with Crippen LogP contribution in [0.4, 0.5) is 0 Å². The number of rotatable bonds is 6. The third-order valence-corrected chi connectivity index (χ3v) is 3.01. The normalized spacial score (nSPS) is 19.5. The van der Waals surface area contributed by atoms with Gasteiger partial charge in [0.15, 0.2) is 0 Å². The lowest BCUT2D eigenvalue weighted by molar-refractivity contribution is -0.120. The van der Waals surface area contributed by atoms with Gasteiger partial charge in [-0.15, -0.1) is 6.58 Å². The zero-order valence-corrected chi connectivity index (χ0v) is 8.93. The highest BCUT2D eigenvalue weighted by molar-refractivity contribution is 5.79. The van der Waals surface area contributed by atoms with Gasteiger partial charge in [0.1, 0.15) is 5.78 Å². The molecule has 2 nitrogen and oxygen atoms in total. The molecule has 0 spiro atoms. The molecule has 0 atom stereocenters. The van der Waals surface area contributed by atoms with Gasteiger partial charge in [-0.1, -0.05) is 18.9 Å². The van der Waals surface area contributed by atoms with Gasteiger partial charge in [-0.2, -0.15) is 0 Å². The molecule has 0 aromatic rings. The first kappa shape index (κ1) is 11.4. The summed E-state index contributed by atoms with van der Waals surface area (Å²) in [5.74, 6) is 0.330. The van der Waals surface area contributed by atoms with E-state index in [0.717, 1.165) is 25.7 Å². The quantitative estimate of drug-likeness (QED) is 0.523. The number of hydrogen-bond acceptors (Lipinski definition) is 2. The van der Waals surface area contributed by atoms with Crippen LogP contribution in [0.2, 0.25) is 0 Å². The van der Waals surface area contributed by atoms with E-state index >= 15 is 0 Å². The molecule has 0 amide bonds. The van der Waals surface area contributed by atoms with Crippen molar-refractivity contribution in [3.8, 4) is 0 Å². The molecular formula is C12H21NO. The van der Waals surface area contributed by atoms with E-state index in [9.17, 15) is 4.79 Å². The molecule has 1 rings (SSSR count). The van der Waals surface area contributed by atoms with Gasteiger partial charge in [0.05, 0.1) is 0 Å². The van der Waals surface area contributed by atoms with Crippen molar-refractivity contribution >= 4 is 5.78 Å². The summed E-state index contributed by atoms with van der Waals surface area (Å²) in [6.07, 6.45) is 9.42. The van der Waals surface area contributed by atoms with Crippen molar-refractivity contribution in [2.75, 3.05) is 0 Å². The van der Waals surface area contributed by atoms with Crippen molar-refractivity contribution in [1.82, 2.24) is 0 Å². The van der Waals surface area contributed by atoms with E-state index in [4.69, 9.17) is 5.73 Å². The van der Waals surface area contributed by atoms with E-state index in [1.54, 1.807) is 0 Å². The lowest BCUT2D eigenvalue weighted by atomic mass is 9.91. The second-order valence-corrected chi connectivity index (χ2v) is 4.47. The molecule has 1 saturated carbocycles. The van der Waals surface area contributed by atoms with E-state index in [-0.39, 0.29) is 5.54 Å². The minimum Gasteiger partial charge on any atom is -0.325 e. The lowest BCUT2D eigenvalue weighted by Crippen LogP contribution is -2.38. The lowest BCUT2D eigenvalue weighted by Gasteiger charge is -2.22. The van der Waals surface area contributed by atoms with Crippen LogP contribution in [0.5, 0.6) is 0 Å². The van der Waals surface area contributed by atoms with Gasteiger partial charge in [-0.3, -0.25) is 4.79 Å². The van der Waals surface area contributed by atoms with Gasteiger partial charge < -0.3 is 5.73 Å². The molecule has 0 aromatic carbocycles. The Morgan fingerprint density at radius 1 is 1.43 bits per heavy atom. The second kappa shape index (κ2) is 5.30. The maximum Gasteiger partial charge on any atom is 0.134 e. The summed E-state index contributed by atoms with van der Waals surface area (Å²) in [5.41, 5.74) is 5.96. The SMILES string of the molecule is C=CCCCC(=O)CC1(N)CCCC1. The summed E-state index contributed by atoms with van der Waals surface area (Å²) >= 11 is 0. The van der Waals surface area contributed by atoms with Gasteiger partial charge in [0.2, 0.25) is 0 Å². The summed E-state index contributed by atoms with van der Waals surface area (Å²) in [4.78, 5) is 11.6. The first-order valence-electron chi connectivity index (χ1n) is 5.58. The Kier molecular flexibility index (Phi) is 4.33. The van der Waals surface area contributed by atoms with Gasteiger partial charge in [-0.05, 0) is 25.7 Å². The topological polar surface area (TPSA) is 43.1 Å². The van der Waals surface area contributed by atoms with Crippen LogP contribution in [0.1, 0.15) is 51.4 Å². The Labute approximate surface area is 86.6 Å². The molecule has 80 valence electrons. The van der Waals surface area contributed by atoms with E-state index in [1.165, 1.54) is 12.8 Å². The van der Waals surface area contributed by atoms with Crippen molar-refractivity contribution in [3.05, 3.63) is 12.7 Å². The van der Waals surface area contributed by atoms with Crippen LogP contribution in [-0.4, -0.2) is 11.3 Å². The molecule has 1 aliphatic carbocycles. The molecular weight excluding hydrogens is 174 g/mol. The Bertz CT molecular complexity index is 204. The number of carbonyl (C=O) groups is 1. The third kappa shape index (κ3) is 3.62. The maximum absolute atomic E-state index is 11.6. The standard InChI is InChI=1S/C12H21NO/c1-2-3-4-7-11(14)10-12(13)8-5-6-9-12/h2H,1,3-10,13H2. The molecule has 0 heterocycles. The molecule has 2 heteroatoms. The van der Waals surface area contributed by atoms with Crippen molar-refractivity contribution in [2.45, 2.75) is 56.9 Å². The summed E-state index contributed by atoms with van der Waals surface area (Å²) in [5, 5.41) is 0. The fourth-order valence-electron chi connectivity index (χ4n) is 2.18. The molecule has 2 N–H and O–H groups in total. The number of unbranched alkanes of at least 4 members (excludes halogenated alkanes) is 1. The van der Waals surface area contributed by atoms with Crippen LogP contribution in [0, 0.1) is 0 Å². The molecule has 1 aliphatic rings. The fraction of sp³-hybridized carbons (Fsp3) is 0.750. The molecule has 0 aromatic heterocycles. The van der Waals surface area contributed by atoms with Gasteiger partial charge in [0.25, 0.3) is 0 Å². The van der Waals surface area contributed by atoms with Gasteiger partial charge >= 0.3 is 0 Å². The summed E-state index contributed by atoms with van der Waals surface area (Å²) in [7, 11) is 0. The maximum atomic E-state index is 11.6. The molecule has 0 bridgehead atoms. The highest BCUT2D eigenvalue weighted by Crippen LogP contribution is 2.30. The first-order valence-corrected chi connectivity index (χ1v) is 5.58. The van der Waals surface area contributed by atoms with Gasteiger partial charge in [0, 0.05) is 18.4 Å². The van der Waals surface area contributed by atoms with Crippen LogP contribution in [0.25, 0.3) is 0 Å². The molecule has 0 saturated heterocycles. The van der Waals surface area contributed by atoms with Crippen molar-refractivity contribution in [3.63, 3.8) is 0 Å².